The number of aliphatic hydroxyl groups excluding tert-OH is 1. The number of rotatable bonds is 1. The van der Waals surface area contributed by atoms with Crippen LogP contribution < -0.4 is 0 Å². The van der Waals surface area contributed by atoms with Crippen molar-refractivity contribution in [2.45, 2.75) is 25.5 Å². The first-order valence-corrected chi connectivity index (χ1v) is 6.02. The molecule has 0 bridgehead atoms. The van der Waals surface area contributed by atoms with Gasteiger partial charge in [0, 0.05) is 0 Å². The molecule has 2 aromatic rings. The van der Waals surface area contributed by atoms with Crippen LogP contribution in [0.5, 0.6) is 0 Å². The van der Waals surface area contributed by atoms with Gasteiger partial charge >= 0.3 is 0 Å². The van der Waals surface area contributed by atoms with Gasteiger partial charge in [-0.3, -0.25) is 0 Å². The lowest BCUT2D eigenvalue weighted by atomic mass is 10.1. The number of aliphatic hydroxyl groups is 1. The van der Waals surface area contributed by atoms with Crippen molar-refractivity contribution in [2.24, 2.45) is 0 Å². The highest BCUT2D eigenvalue weighted by Gasteiger charge is 2.24. The minimum absolute atomic E-state index is 0.290. The van der Waals surface area contributed by atoms with Crippen molar-refractivity contribution in [3.05, 3.63) is 28.7 Å². The number of fused-ring (bicyclic) bond motifs is 1. The van der Waals surface area contributed by atoms with Crippen LogP contribution in [-0.2, 0) is 13.0 Å². The van der Waals surface area contributed by atoms with Gasteiger partial charge in [-0.25, -0.2) is 4.98 Å². The first-order valence-electron chi connectivity index (χ1n) is 5.22. The van der Waals surface area contributed by atoms with Gasteiger partial charge in [0.05, 0.1) is 24.6 Å². The SMILES string of the molecule is OC1CCc2c(Br)nc(-c3ccco3)n2C1. The highest BCUT2D eigenvalue weighted by Crippen LogP contribution is 2.30. The lowest BCUT2D eigenvalue weighted by Gasteiger charge is -2.21. The molecule has 2 aromatic heterocycles. The monoisotopic (exact) mass is 282 g/mol. The van der Waals surface area contributed by atoms with Gasteiger partial charge in [-0.15, -0.1) is 0 Å². The summed E-state index contributed by atoms with van der Waals surface area (Å²) < 4.78 is 8.23. The lowest BCUT2D eigenvalue weighted by molar-refractivity contribution is 0.131. The molecule has 5 heteroatoms. The summed E-state index contributed by atoms with van der Waals surface area (Å²) >= 11 is 3.45. The molecule has 1 aliphatic rings. The maximum Gasteiger partial charge on any atom is 0.177 e. The quantitative estimate of drug-likeness (QED) is 0.873. The maximum atomic E-state index is 9.69. The molecule has 0 aliphatic carbocycles. The van der Waals surface area contributed by atoms with Crippen molar-refractivity contribution in [3.8, 4) is 11.6 Å². The Hall–Kier alpha value is -1.07. The van der Waals surface area contributed by atoms with Crippen LogP contribution in [0.3, 0.4) is 0 Å². The largest absolute Gasteiger partial charge is 0.461 e. The van der Waals surface area contributed by atoms with E-state index in [1.165, 1.54) is 0 Å². The Bertz CT molecular complexity index is 504. The third-order valence-electron chi connectivity index (χ3n) is 2.87. The van der Waals surface area contributed by atoms with Crippen molar-refractivity contribution in [2.75, 3.05) is 0 Å². The van der Waals surface area contributed by atoms with E-state index in [-0.39, 0.29) is 6.10 Å². The first-order chi connectivity index (χ1) is 7.75. The average molecular weight is 283 g/mol. The molecule has 1 aliphatic heterocycles. The van der Waals surface area contributed by atoms with Crippen LogP contribution in [0, 0.1) is 0 Å². The van der Waals surface area contributed by atoms with Crippen LogP contribution in [0.25, 0.3) is 11.6 Å². The molecule has 1 unspecified atom stereocenters. The summed E-state index contributed by atoms with van der Waals surface area (Å²) in [6.07, 6.45) is 2.98. The average Bonchev–Trinajstić information content (AvgIpc) is 2.86. The Labute approximate surface area is 101 Å². The van der Waals surface area contributed by atoms with Gasteiger partial charge in [0.15, 0.2) is 11.6 Å². The zero-order chi connectivity index (χ0) is 11.1. The fourth-order valence-corrected chi connectivity index (χ4v) is 2.67. The van der Waals surface area contributed by atoms with Gasteiger partial charge in [-0.1, -0.05) is 0 Å². The van der Waals surface area contributed by atoms with E-state index in [1.807, 2.05) is 16.7 Å². The molecule has 0 amide bonds. The van der Waals surface area contributed by atoms with Crippen molar-refractivity contribution in [3.63, 3.8) is 0 Å². The molecule has 3 rings (SSSR count). The van der Waals surface area contributed by atoms with E-state index < -0.39 is 0 Å². The molecule has 1 atom stereocenters. The molecule has 0 fully saturated rings. The zero-order valence-electron chi connectivity index (χ0n) is 8.56. The molecular weight excluding hydrogens is 272 g/mol. The molecule has 0 aromatic carbocycles. The number of hydrogen-bond donors (Lipinski definition) is 1. The second-order valence-electron chi connectivity index (χ2n) is 3.95. The summed E-state index contributed by atoms with van der Waals surface area (Å²) in [6.45, 7) is 0.587. The van der Waals surface area contributed by atoms with Crippen molar-refractivity contribution in [1.29, 1.82) is 0 Å². The molecule has 84 valence electrons. The smallest absolute Gasteiger partial charge is 0.177 e. The second-order valence-corrected chi connectivity index (χ2v) is 4.70. The van der Waals surface area contributed by atoms with Crippen LogP contribution in [-0.4, -0.2) is 20.8 Å². The van der Waals surface area contributed by atoms with Crippen molar-refractivity contribution >= 4 is 15.9 Å². The predicted molar refractivity (Wildman–Crippen MR) is 62.0 cm³/mol. The third kappa shape index (κ3) is 1.51. The van der Waals surface area contributed by atoms with Gasteiger partial charge in [0.2, 0.25) is 0 Å². The molecule has 0 saturated carbocycles. The van der Waals surface area contributed by atoms with Crippen molar-refractivity contribution in [1.82, 2.24) is 9.55 Å². The normalized spacial score (nSPS) is 19.8. The summed E-state index contributed by atoms with van der Waals surface area (Å²) in [4.78, 5) is 4.44. The minimum atomic E-state index is -0.290. The van der Waals surface area contributed by atoms with E-state index in [0.29, 0.717) is 6.54 Å². The molecule has 0 radical (unpaired) electrons. The van der Waals surface area contributed by atoms with Crippen LogP contribution in [0.1, 0.15) is 12.1 Å². The Kier molecular flexibility index (Phi) is 2.37. The Morgan fingerprint density at radius 1 is 1.56 bits per heavy atom. The molecule has 0 saturated heterocycles. The van der Waals surface area contributed by atoms with E-state index >= 15 is 0 Å². The van der Waals surface area contributed by atoms with Crippen LogP contribution in [0.2, 0.25) is 0 Å². The van der Waals surface area contributed by atoms with Crippen LogP contribution in [0.4, 0.5) is 0 Å². The van der Waals surface area contributed by atoms with Crippen LogP contribution >= 0.6 is 15.9 Å². The maximum absolute atomic E-state index is 9.69. The Balaban J connectivity index is 2.13. The summed E-state index contributed by atoms with van der Waals surface area (Å²) in [6, 6.07) is 3.72. The van der Waals surface area contributed by atoms with Gasteiger partial charge in [0.1, 0.15) is 4.60 Å². The zero-order valence-corrected chi connectivity index (χ0v) is 10.1. The first kappa shape index (κ1) is 10.1. The van der Waals surface area contributed by atoms with E-state index in [4.69, 9.17) is 4.42 Å². The topological polar surface area (TPSA) is 51.2 Å². The molecule has 0 spiro atoms. The van der Waals surface area contributed by atoms with E-state index in [9.17, 15) is 5.11 Å². The molecular formula is C11H11BrN2O2. The summed E-state index contributed by atoms with van der Waals surface area (Å²) in [7, 11) is 0. The Morgan fingerprint density at radius 2 is 2.44 bits per heavy atom. The number of furan rings is 1. The Morgan fingerprint density at radius 3 is 3.19 bits per heavy atom. The summed E-state index contributed by atoms with van der Waals surface area (Å²) in [5.74, 6) is 1.52. The van der Waals surface area contributed by atoms with Gasteiger partial charge in [-0.2, -0.15) is 0 Å². The van der Waals surface area contributed by atoms with Gasteiger partial charge in [0.25, 0.3) is 0 Å². The molecule has 3 heterocycles. The van der Waals surface area contributed by atoms with Gasteiger partial charge in [-0.05, 0) is 40.9 Å². The summed E-state index contributed by atoms with van der Waals surface area (Å²) in [5, 5.41) is 9.69. The van der Waals surface area contributed by atoms with E-state index in [0.717, 1.165) is 34.7 Å². The standard InChI is InChI=1S/C11H11BrN2O2/c12-10-8-4-3-7(15)6-14(8)11(13-10)9-2-1-5-16-9/h1-2,5,7,15H,3-4,6H2. The molecule has 4 nitrogen and oxygen atoms in total. The summed E-state index contributed by atoms with van der Waals surface area (Å²) in [5.41, 5.74) is 1.14. The molecule has 16 heavy (non-hydrogen) atoms. The number of halogens is 1. The predicted octanol–water partition coefficient (Wildman–Crippen LogP) is 2.21. The van der Waals surface area contributed by atoms with Crippen LogP contribution in [0.15, 0.2) is 27.4 Å². The number of aromatic nitrogens is 2. The highest BCUT2D eigenvalue weighted by molar-refractivity contribution is 9.10. The minimum Gasteiger partial charge on any atom is -0.461 e. The fraction of sp³-hybridized carbons (Fsp3) is 0.364. The number of hydrogen-bond acceptors (Lipinski definition) is 3. The van der Waals surface area contributed by atoms with E-state index in [1.54, 1.807) is 6.26 Å². The lowest BCUT2D eigenvalue weighted by Crippen LogP contribution is -2.24. The highest BCUT2D eigenvalue weighted by atomic mass is 79.9. The second kappa shape index (κ2) is 3.75. The van der Waals surface area contributed by atoms with Crippen molar-refractivity contribution < 1.29 is 9.52 Å². The van der Waals surface area contributed by atoms with Gasteiger partial charge < -0.3 is 14.1 Å². The van der Waals surface area contributed by atoms with E-state index in [2.05, 4.69) is 20.9 Å². The molecule has 1 N–H and O–H groups in total. The number of imidazole rings is 1. The fourth-order valence-electron chi connectivity index (χ4n) is 2.09. The third-order valence-corrected chi connectivity index (χ3v) is 3.51. The number of nitrogens with zero attached hydrogens (tertiary/aromatic N) is 2.